The molecule has 4 aromatic rings. The summed E-state index contributed by atoms with van der Waals surface area (Å²) in [6, 6.07) is 10.2. The number of rotatable bonds is 9. The molecule has 2 heterocycles. The van der Waals surface area contributed by atoms with Gasteiger partial charge in [-0.15, -0.1) is 0 Å². The molecule has 2 aromatic heterocycles. The number of nitrogen functional groups attached to an aromatic ring is 1. The Kier molecular flexibility index (Phi) is 7.13. The van der Waals surface area contributed by atoms with Crippen molar-refractivity contribution in [3.05, 3.63) is 59.1 Å². The highest BCUT2D eigenvalue weighted by Crippen LogP contribution is 2.33. The lowest BCUT2D eigenvalue weighted by molar-refractivity contribution is -0.105. The van der Waals surface area contributed by atoms with Gasteiger partial charge in [0, 0.05) is 25.7 Å². The molecule has 182 valence electrons. The van der Waals surface area contributed by atoms with Crippen LogP contribution in [-0.2, 0) is 11.3 Å². The molecule has 0 spiro atoms. The van der Waals surface area contributed by atoms with E-state index in [0.29, 0.717) is 40.9 Å². The van der Waals surface area contributed by atoms with E-state index in [0.717, 1.165) is 24.3 Å². The molecule has 0 saturated carbocycles. The van der Waals surface area contributed by atoms with Crippen LogP contribution in [0.25, 0.3) is 22.3 Å². The molecule has 0 saturated heterocycles. The van der Waals surface area contributed by atoms with Gasteiger partial charge in [0.2, 0.25) is 6.41 Å². The van der Waals surface area contributed by atoms with Crippen LogP contribution in [0.4, 0.5) is 21.6 Å². The first kappa shape index (κ1) is 24.4. The van der Waals surface area contributed by atoms with Crippen molar-refractivity contribution >= 4 is 46.2 Å². The van der Waals surface area contributed by atoms with E-state index in [-0.39, 0.29) is 10.8 Å². The van der Waals surface area contributed by atoms with Crippen molar-refractivity contribution in [1.29, 1.82) is 0 Å². The Hall–Kier alpha value is -3.76. The summed E-state index contributed by atoms with van der Waals surface area (Å²) in [7, 11) is 6.01. The standard InChI is InChI=1S/C24H26ClFN8O/c1-32(2)8-9-33(3)20-7-4-15(10-19(20)30-14-35)12-34-24-21(23(27)28-13-29-24)22(31-34)16-5-6-18(26)17(25)11-16/h4-7,10-11,13-14H,8-9,12H2,1-3H3,(H,30,35)(H2,27,28,29). The largest absolute Gasteiger partial charge is 0.383 e. The Balaban J connectivity index is 1.73. The smallest absolute Gasteiger partial charge is 0.211 e. The number of fused-ring (bicyclic) bond motifs is 1. The molecule has 0 aliphatic heterocycles. The molecule has 1 amide bonds. The quantitative estimate of drug-likeness (QED) is 0.342. The summed E-state index contributed by atoms with van der Waals surface area (Å²) < 4.78 is 15.4. The van der Waals surface area contributed by atoms with Crippen molar-refractivity contribution < 1.29 is 9.18 Å². The third kappa shape index (κ3) is 5.18. The van der Waals surface area contributed by atoms with Crippen molar-refractivity contribution in [1.82, 2.24) is 24.6 Å². The lowest BCUT2D eigenvalue weighted by Crippen LogP contribution is -2.29. The van der Waals surface area contributed by atoms with E-state index in [1.54, 1.807) is 10.7 Å². The average molecular weight is 497 g/mol. The summed E-state index contributed by atoms with van der Waals surface area (Å²) >= 11 is 6.00. The number of nitrogens with one attached hydrogen (secondary N) is 1. The number of halogens is 2. The molecular formula is C24H26ClFN8O. The van der Waals surface area contributed by atoms with Crippen molar-refractivity contribution in [3.63, 3.8) is 0 Å². The highest BCUT2D eigenvalue weighted by Gasteiger charge is 2.19. The van der Waals surface area contributed by atoms with Crippen LogP contribution < -0.4 is 16.0 Å². The third-order valence-corrected chi connectivity index (χ3v) is 5.94. The third-order valence-electron chi connectivity index (χ3n) is 5.65. The van der Waals surface area contributed by atoms with Gasteiger partial charge >= 0.3 is 0 Å². The number of nitrogens with two attached hydrogens (primary N) is 1. The number of benzene rings is 2. The van der Waals surface area contributed by atoms with Crippen LogP contribution in [0.5, 0.6) is 0 Å². The van der Waals surface area contributed by atoms with Gasteiger partial charge in [-0.2, -0.15) is 5.10 Å². The molecule has 0 aliphatic rings. The fraction of sp³-hybridized carbons (Fsp3) is 0.250. The first-order chi connectivity index (χ1) is 16.8. The maximum atomic E-state index is 13.7. The van der Waals surface area contributed by atoms with Gasteiger partial charge in [0.05, 0.1) is 28.3 Å². The number of likely N-dealkylation sites (N-methyl/N-ethyl adjacent to an activating group) is 2. The number of aromatic nitrogens is 4. The van der Waals surface area contributed by atoms with Gasteiger partial charge in [-0.3, -0.25) is 4.79 Å². The van der Waals surface area contributed by atoms with E-state index in [2.05, 4.69) is 25.1 Å². The summed E-state index contributed by atoms with van der Waals surface area (Å²) in [4.78, 5) is 24.0. The zero-order valence-corrected chi connectivity index (χ0v) is 20.4. The van der Waals surface area contributed by atoms with Gasteiger partial charge in [-0.1, -0.05) is 17.7 Å². The van der Waals surface area contributed by atoms with Gasteiger partial charge in [-0.25, -0.2) is 19.0 Å². The minimum absolute atomic E-state index is 0.0147. The second-order valence-electron chi connectivity index (χ2n) is 8.43. The van der Waals surface area contributed by atoms with Crippen LogP contribution in [-0.4, -0.2) is 65.3 Å². The Morgan fingerprint density at radius 3 is 2.66 bits per heavy atom. The van der Waals surface area contributed by atoms with Crippen LogP contribution in [0.2, 0.25) is 5.02 Å². The Bertz CT molecular complexity index is 1370. The molecule has 0 aliphatic carbocycles. The molecule has 4 rings (SSSR count). The molecule has 35 heavy (non-hydrogen) atoms. The van der Waals surface area contributed by atoms with Gasteiger partial charge < -0.3 is 20.9 Å². The number of hydrogen-bond acceptors (Lipinski definition) is 7. The fourth-order valence-electron chi connectivity index (χ4n) is 3.82. The molecule has 0 bridgehead atoms. The number of nitrogens with zero attached hydrogens (tertiary/aromatic N) is 6. The molecule has 11 heteroatoms. The van der Waals surface area contributed by atoms with Gasteiger partial charge in [-0.05, 0) is 50.0 Å². The molecule has 0 radical (unpaired) electrons. The van der Waals surface area contributed by atoms with E-state index in [1.807, 2.05) is 39.3 Å². The van der Waals surface area contributed by atoms with E-state index in [9.17, 15) is 9.18 Å². The number of hydrogen-bond donors (Lipinski definition) is 2. The minimum atomic E-state index is -0.519. The summed E-state index contributed by atoms with van der Waals surface area (Å²) in [5, 5.41) is 8.06. The predicted molar refractivity (Wildman–Crippen MR) is 137 cm³/mol. The van der Waals surface area contributed by atoms with Crippen LogP contribution >= 0.6 is 11.6 Å². The van der Waals surface area contributed by atoms with Crippen LogP contribution in [0.1, 0.15) is 5.56 Å². The highest BCUT2D eigenvalue weighted by molar-refractivity contribution is 6.31. The summed E-state index contributed by atoms with van der Waals surface area (Å²) in [5.74, 6) is -0.257. The lowest BCUT2D eigenvalue weighted by Gasteiger charge is -2.24. The molecule has 3 N–H and O–H groups in total. The summed E-state index contributed by atoms with van der Waals surface area (Å²) in [5.41, 5.74) is 10.3. The van der Waals surface area contributed by atoms with Crippen LogP contribution in [0, 0.1) is 5.82 Å². The molecule has 0 atom stereocenters. The first-order valence-electron chi connectivity index (χ1n) is 10.9. The number of amides is 1. The molecule has 9 nitrogen and oxygen atoms in total. The average Bonchev–Trinajstić information content (AvgIpc) is 3.19. The Labute approximate surface area is 207 Å². The molecule has 2 aromatic carbocycles. The SMILES string of the molecule is CN(C)CCN(C)c1ccc(Cn2nc(-c3ccc(F)c(Cl)c3)c3c(N)ncnc32)cc1NC=O. The van der Waals surface area contributed by atoms with E-state index >= 15 is 0 Å². The maximum Gasteiger partial charge on any atom is 0.211 e. The zero-order chi connectivity index (χ0) is 25.1. The van der Waals surface area contributed by atoms with Crippen molar-refractivity contribution in [2.45, 2.75) is 6.54 Å². The van der Waals surface area contributed by atoms with Gasteiger partial charge in [0.25, 0.3) is 0 Å². The minimum Gasteiger partial charge on any atom is -0.383 e. The van der Waals surface area contributed by atoms with Gasteiger partial charge in [0.1, 0.15) is 23.7 Å². The topological polar surface area (TPSA) is 105 Å². The first-order valence-corrected chi connectivity index (χ1v) is 11.3. The fourth-order valence-corrected chi connectivity index (χ4v) is 4.00. The Morgan fingerprint density at radius 1 is 1.14 bits per heavy atom. The molecular weight excluding hydrogens is 471 g/mol. The van der Waals surface area contributed by atoms with Crippen molar-refractivity contribution in [2.75, 3.05) is 50.2 Å². The van der Waals surface area contributed by atoms with E-state index < -0.39 is 5.82 Å². The number of anilines is 3. The summed E-state index contributed by atoms with van der Waals surface area (Å²) in [6.07, 6.45) is 2.04. The zero-order valence-electron chi connectivity index (χ0n) is 19.7. The normalized spacial score (nSPS) is 11.3. The van der Waals surface area contributed by atoms with Crippen LogP contribution in [0.15, 0.2) is 42.7 Å². The van der Waals surface area contributed by atoms with Crippen molar-refractivity contribution in [2.24, 2.45) is 0 Å². The van der Waals surface area contributed by atoms with Crippen molar-refractivity contribution in [3.8, 4) is 11.3 Å². The Morgan fingerprint density at radius 2 is 1.94 bits per heavy atom. The second kappa shape index (κ2) is 10.2. The number of carbonyl (C=O) groups is 1. The molecule has 0 fully saturated rings. The molecule has 0 unspecified atom stereocenters. The maximum absolute atomic E-state index is 13.7. The second-order valence-corrected chi connectivity index (χ2v) is 8.84. The lowest BCUT2D eigenvalue weighted by atomic mass is 10.1. The van der Waals surface area contributed by atoms with Crippen LogP contribution in [0.3, 0.4) is 0 Å². The van der Waals surface area contributed by atoms with Gasteiger partial charge in [0.15, 0.2) is 5.65 Å². The number of carbonyl (C=O) groups excluding carboxylic acids is 1. The predicted octanol–water partition coefficient (Wildman–Crippen LogP) is 3.48. The highest BCUT2D eigenvalue weighted by atomic mass is 35.5. The van der Waals surface area contributed by atoms with E-state index in [4.69, 9.17) is 22.4 Å². The monoisotopic (exact) mass is 496 g/mol. The summed E-state index contributed by atoms with van der Waals surface area (Å²) in [6.45, 7) is 2.02. The van der Waals surface area contributed by atoms with E-state index in [1.165, 1.54) is 18.5 Å².